The molecule has 1 heterocycles. The molecule has 0 spiro atoms. The number of aromatic nitrogens is 2. The quantitative estimate of drug-likeness (QED) is 0.849. The number of hydrogen-bond donors (Lipinski definition) is 1. The van der Waals surface area contributed by atoms with E-state index in [1.165, 1.54) is 4.57 Å². The lowest BCUT2D eigenvalue weighted by molar-refractivity contribution is 0.248. The van der Waals surface area contributed by atoms with Crippen molar-refractivity contribution in [1.82, 2.24) is 9.55 Å². The van der Waals surface area contributed by atoms with E-state index in [0.717, 1.165) is 19.3 Å². The Morgan fingerprint density at radius 3 is 2.47 bits per heavy atom. The topological polar surface area (TPSA) is 54.9 Å². The number of rotatable bonds is 2. The van der Waals surface area contributed by atoms with E-state index in [1.54, 1.807) is 0 Å². The van der Waals surface area contributed by atoms with Crippen LogP contribution in [-0.2, 0) is 0 Å². The Labute approximate surface area is 117 Å². The fourth-order valence-electron chi connectivity index (χ4n) is 3.11. The number of hydrogen-bond acceptors (Lipinski definition) is 2. The van der Waals surface area contributed by atoms with E-state index in [2.05, 4.69) is 18.8 Å². The first kappa shape index (κ1) is 14.4. The SMILES string of the molecule is CC(C)c1c(Cl)[nH]c(=O)n(C2CCCC2(C)C)c1=O. The molecule has 1 aliphatic carbocycles. The molecule has 5 heteroatoms. The summed E-state index contributed by atoms with van der Waals surface area (Å²) in [6.07, 6.45) is 2.95. The smallest absolute Gasteiger partial charge is 0.297 e. The average Bonchev–Trinajstić information content (AvgIpc) is 2.57. The molecule has 106 valence electrons. The first-order chi connectivity index (χ1) is 8.75. The van der Waals surface area contributed by atoms with Gasteiger partial charge in [-0.05, 0) is 24.2 Å². The lowest BCUT2D eigenvalue weighted by Crippen LogP contribution is -2.43. The van der Waals surface area contributed by atoms with Gasteiger partial charge in [0.2, 0.25) is 0 Å². The second-order valence-corrected chi connectivity index (χ2v) is 6.76. The summed E-state index contributed by atoms with van der Waals surface area (Å²) in [6.45, 7) is 8.04. The summed E-state index contributed by atoms with van der Waals surface area (Å²) in [5.41, 5.74) is -0.147. The molecule has 0 bridgehead atoms. The van der Waals surface area contributed by atoms with Crippen molar-refractivity contribution in [1.29, 1.82) is 0 Å². The van der Waals surface area contributed by atoms with Gasteiger partial charge in [-0.3, -0.25) is 14.3 Å². The van der Waals surface area contributed by atoms with Crippen LogP contribution in [0.2, 0.25) is 5.15 Å². The van der Waals surface area contributed by atoms with Crippen molar-refractivity contribution < 1.29 is 0 Å². The third-order valence-corrected chi connectivity index (χ3v) is 4.51. The number of nitrogens with zero attached hydrogens (tertiary/aromatic N) is 1. The number of nitrogens with one attached hydrogen (secondary N) is 1. The van der Waals surface area contributed by atoms with Crippen molar-refractivity contribution in [2.45, 2.75) is 58.9 Å². The summed E-state index contributed by atoms with van der Waals surface area (Å²) < 4.78 is 1.38. The van der Waals surface area contributed by atoms with E-state index in [4.69, 9.17) is 11.6 Å². The Balaban J connectivity index is 2.68. The minimum absolute atomic E-state index is 0.00684. The second-order valence-electron chi connectivity index (χ2n) is 6.38. The van der Waals surface area contributed by atoms with Crippen molar-refractivity contribution >= 4 is 11.6 Å². The molecule has 1 fully saturated rings. The number of aromatic amines is 1. The van der Waals surface area contributed by atoms with Crippen LogP contribution in [0.15, 0.2) is 9.59 Å². The van der Waals surface area contributed by atoms with Crippen LogP contribution in [0.5, 0.6) is 0 Å². The molecule has 0 amide bonds. The van der Waals surface area contributed by atoms with Gasteiger partial charge in [0.05, 0.1) is 5.56 Å². The van der Waals surface area contributed by atoms with Crippen molar-refractivity contribution in [2.75, 3.05) is 0 Å². The molecule has 2 rings (SSSR count). The molecule has 19 heavy (non-hydrogen) atoms. The third-order valence-electron chi connectivity index (χ3n) is 4.21. The Morgan fingerprint density at radius 2 is 2.00 bits per heavy atom. The lowest BCUT2D eigenvalue weighted by atomic mass is 9.87. The zero-order valence-corrected chi connectivity index (χ0v) is 12.7. The van der Waals surface area contributed by atoms with Crippen LogP contribution in [0.1, 0.15) is 64.5 Å². The fraction of sp³-hybridized carbons (Fsp3) is 0.714. The van der Waals surface area contributed by atoms with Gasteiger partial charge in [0, 0.05) is 6.04 Å². The summed E-state index contributed by atoms with van der Waals surface area (Å²) in [6, 6.07) is -0.0430. The van der Waals surface area contributed by atoms with Gasteiger partial charge in [0.15, 0.2) is 0 Å². The Hall–Kier alpha value is -1.03. The summed E-state index contributed by atoms with van der Waals surface area (Å²) >= 11 is 6.01. The predicted octanol–water partition coefficient (Wildman–Crippen LogP) is 3.06. The maximum absolute atomic E-state index is 12.6. The molecule has 1 unspecified atom stereocenters. The lowest BCUT2D eigenvalue weighted by Gasteiger charge is -2.28. The van der Waals surface area contributed by atoms with Crippen LogP contribution >= 0.6 is 11.6 Å². The Bertz CT molecular complexity index is 598. The summed E-state index contributed by atoms with van der Waals surface area (Å²) in [7, 11) is 0. The van der Waals surface area contributed by atoms with Crippen LogP contribution in [0.25, 0.3) is 0 Å². The highest BCUT2D eigenvalue weighted by atomic mass is 35.5. The third kappa shape index (κ3) is 2.38. The second kappa shape index (κ2) is 4.82. The molecular weight excluding hydrogens is 264 g/mol. The van der Waals surface area contributed by atoms with Gasteiger partial charge in [-0.15, -0.1) is 0 Å². The van der Waals surface area contributed by atoms with Gasteiger partial charge in [-0.2, -0.15) is 0 Å². The van der Waals surface area contributed by atoms with Crippen LogP contribution in [0.4, 0.5) is 0 Å². The highest BCUT2D eigenvalue weighted by Gasteiger charge is 2.38. The van der Waals surface area contributed by atoms with Crippen molar-refractivity contribution in [3.63, 3.8) is 0 Å². The molecular formula is C14H21ClN2O2. The summed E-state index contributed by atoms with van der Waals surface area (Å²) in [5.74, 6) is -0.00684. The van der Waals surface area contributed by atoms with Gasteiger partial charge in [0.25, 0.3) is 5.56 Å². The molecule has 1 aromatic heterocycles. The monoisotopic (exact) mass is 284 g/mol. The minimum Gasteiger partial charge on any atom is -0.297 e. The molecule has 0 radical (unpaired) electrons. The van der Waals surface area contributed by atoms with Crippen LogP contribution in [-0.4, -0.2) is 9.55 Å². The largest absolute Gasteiger partial charge is 0.329 e. The molecule has 0 aromatic carbocycles. The highest BCUT2D eigenvalue weighted by Crippen LogP contribution is 2.44. The van der Waals surface area contributed by atoms with E-state index >= 15 is 0 Å². The molecule has 1 saturated carbocycles. The highest BCUT2D eigenvalue weighted by molar-refractivity contribution is 6.30. The standard InChI is InChI=1S/C14H21ClN2O2/c1-8(2)10-11(15)16-13(19)17(12(10)18)9-6-5-7-14(9,3)4/h8-9H,5-7H2,1-4H3,(H,16,19). The summed E-state index contributed by atoms with van der Waals surface area (Å²) in [5, 5.41) is 0.178. The first-order valence-electron chi connectivity index (χ1n) is 6.80. The van der Waals surface area contributed by atoms with Gasteiger partial charge in [0.1, 0.15) is 5.15 Å². The summed E-state index contributed by atoms with van der Waals surface area (Å²) in [4.78, 5) is 27.3. The van der Waals surface area contributed by atoms with Gasteiger partial charge in [-0.25, -0.2) is 4.79 Å². The Morgan fingerprint density at radius 1 is 1.37 bits per heavy atom. The molecule has 0 aliphatic heterocycles. The molecule has 4 nitrogen and oxygen atoms in total. The molecule has 1 atom stereocenters. The van der Waals surface area contributed by atoms with Gasteiger partial charge < -0.3 is 0 Å². The fourth-order valence-corrected chi connectivity index (χ4v) is 3.49. The van der Waals surface area contributed by atoms with Gasteiger partial charge >= 0.3 is 5.69 Å². The minimum atomic E-state index is -0.389. The maximum Gasteiger partial charge on any atom is 0.329 e. The van der Waals surface area contributed by atoms with Crippen molar-refractivity contribution in [3.8, 4) is 0 Å². The maximum atomic E-state index is 12.6. The number of halogens is 1. The van der Waals surface area contributed by atoms with E-state index in [-0.39, 0.29) is 33.8 Å². The Kier molecular flexibility index (Phi) is 3.65. The molecule has 1 aliphatic rings. The predicted molar refractivity (Wildman–Crippen MR) is 77.1 cm³/mol. The van der Waals surface area contributed by atoms with Crippen molar-refractivity contribution in [3.05, 3.63) is 31.6 Å². The van der Waals surface area contributed by atoms with E-state index in [0.29, 0.717) is 5.56 Å². The normalized spacial score (nSPS) is 22.1. The average molecular weight is 285 g/mol. The molecule has 1 aromatic rings. The molecule has 0 saturated heterocycles. The van der Waals surface area contributed by atoms with E-state index < -0.39 is 0 Å². The zero-order valence-electron chi connectivity index (χ0n) is 11.9. The van der Waals surface area contributed by atoms with E-state index in [9.17, 15) is 9.59 Å². The van der Waals surface area contributed by atoms with Crippen LogP contribution in [0.3, 0.4) is 0 Å². The number of H-pyrrole nitrogens is 1. The van der Waals surface area contributed by atoms with Crippen molar-refractivity contribution in [2.24, 2.45) is 5.41 Å². The zero-order chi connectivity index (χ0) is 14.4. The van der Waals surface area contributed by atoms with E-state index in [1.807, 2.05) is 13.8 Å². The molecule has 1 N–H and O–H groups in total. The van der Waals surface area contributed by atoms with Gasteiger partial charge in [-0.1, -0.05) is 45.7 Å². The van der Waals surface area contributed by atoms with Crippen LogP contribution in [0, 0.1) is 5.41 Å². The van der Waals surface area contributed by atoms with Crippen LogP contribution < -0.4 is 11.2 Å². The first-order valence-corrected chi connectivity index (χ1v) is 7.17.